The van der Waals surface area contributed by atoms with Crippen molar-refractivity contribution in [2.24, 2.45) is 9.98 Å². The molecule has 29 heavy (non-hydrogen) atoms. The summed E-state index contributed by atoms with van der Waals surface area (Å²) in [6.45, 7) is 0. The molecule has 1 aromatic heterocycles. The number of rotatable bonds is 5. The normalized spacial score (nSPS) is 24.8. The van der Waals surface area contributed by atoms with E-state index in [0.717, 1.165) is 18.5 Å². The molecule has 1 aliphatic heterocycles. The van der Waals surface area contributed by atoms with Crippen LogP contribution < -0.4 is 14.0 Å². The summed E-state index contributed by atoms with van der Waals surface area (Å²) in [7, 11) is 1.62. The molecule has 2 heterocycles. The molecule has 2 aliphatic rings. The zero-order valence-electron chi connectivity index (χ0n) is 16.6. The van der Waals surface area contributed by atoms with Crippen molar-refractivity contribution in [3.63, 3.8) is 0 Å². The first-order chi connectivity index (χ1) is 14.2. The maximum atomic E-state index is 6.52. The van der Waals surface area contributed by atoms with Crippen molar-refractivity contribution in [1.29, 1.82) is 0 Å². The highest BCUT2D eigenvalue weighted by Crippen LogP contribution is 2.40. The van der Waals surface area contributed by atoms with Gasteiger partial charge in [-0.2, -0.15) is 14.5 Å². The molecule has 1 aliphatic carbocycles. The van der Waals surface area contributed by atoms with Gasteiger partial charge < -0.3 is 9.47 Å². The molecule has 0 saturated heterocycles. The van der Waals surface area contributed by atoms with Crippen LogP contribution in [0, 0.1) is 0 Å². The van der Waals surface area contributed by atoms with Gasteiger partial charge in [-0.15, -0.1) is 0 Å². The minimum Gasteiger partial charge on any atom is -0.495 e. The quantitative estimate of drug-likeness (QED) is 0.499. The van der Waals surface area contributed by atoms with Crippen molar-refractivity contribution >= 4 is 30.0 Å². The SMILES string of the molecule is COc1ccc([N+]2(C3CCCCCC3)C=NC=NC2Oc2cccnc2)cc1Cl. The highest BCUT2D eigenvalue weighted by molar-refractivity contribution is 6.32. The summed E-state index contributed by atoms with van der Waals surface area (Å²) in [5.74, 6) is 1.33. The van der Waals surface area contributed by atoms with E-state index in [-0.39, 0.29) is 0 Å². The Morgan fingerprint density at radius 2 is 1.93 bits per heavy atom. The van der Waals surface area contributed by atoms with Crippen LogP contribution in [0.5, 0.6) is 11.5 Å². The zero-order chi connectivity index (χ0) is 20.1. The van der Waals surface area contributed by atoms with E-state index in [2.05, 4.69) is 15.0 Å². The monoisotopic (exact) mass is 413 g/mol. The molecule has 152 valence electrons. The van der Waals surface area contributed by atoms with Gasteiger partial charge in [0, 0.05) is 31.2 Å². The van der Waals surface area contributed by atoms with Gasteiger partial charge in [-0.05, 0) is 31.0 Å². The van der Waals surface area contributed by atoms with Gasteiger partial charge >= 0.3 is 6.35 Å². The van der Waals surface area contributed by atoms with Gasteiger partial charge in [0.15, 0.2) is 0 Å². The number of aromatic nitrogens is 1. The van der Waals surface area contributed by atoms with Gasteiger partial charge in [0.2, 0.25) is 6.34 Å². The maximum absolute atomic E-state index is 6.52. The fraction of sp³-hybridized carbons (Fsp3) is 0.409. The summed E-state index contributed by atoms with van der Waals surface area (Å²) < 4.78 is 12.1. The molecule has 2 atom stereocenters. The van der Waals surface area contributed by atoms with Crippen molar-refractivity contribution in [2.75, 3.05) is 7.11 Å². The van der Waals surface area contributed by atoms with E-state index in [9.17, 15) is 0 Å². The van der Waals surface area contributed by atoms with Gasteiger partial charge in [-0.25, -0.2) is 0 Å². The van der Waals surface area contributed by atoms with E-state index in [1.165, 1.54) is 25.7 Å². The van der Waals surface area contributed by atoms with Crippen LogP contribution >= 0.6 is 11.6 Å². The van der Waals surface area contributed by atoms with E-state index < -0.39 is 6.35 Å². The largest absolute Gasteiger partial charge is 0.495 e. The fourth-order valence-electron chi connectivity index (χ4n) is 4.32. The molecule has 7 heteroatoms. The number of nitrogens with zero attached hydrogens (tertiary/aromatic N) is 4. The van der Waals surface area contributed by atoms with E-state index in [4.69, 9.17) is 21.1 Å². The number of aliphatic imine (C=N–C) groups is 2. The molecule has 2 aromatic rings. The number of hydrogen-bond donors (Lipinski definition) is 0. The predicted octanol–water partition coefficient (Wildman–Crippen LogP) is 5.21. The second-order valence-electron chi connectivity index (χ2n) is 7.46. The minimum atomic E-state index is -0.496. The average molecular weight is 414 g/mol. The highest BCUT2D eigenvalue weighted by Gasteiger charge is 2.48. The van der Waals surface area contributed by atoms with Gasteiger partial charge in [-0.3, -0.25) is 4.98 Å². The molecular weight excluding hydrogens is 388 g/mol. The molecule has 0 N–H and O–H groups in total. The smallest absolute Gasteiger partial charge is 0.347 e. The number of hydrogen-bond acceptors (Lipinski definition) is 5. The molecule has 0 amide bonds. The summed E-state index contributed by atoms with van der Waals surface area (Å²) in [6, 6.07) is 9.96. The molecule has 4 rings (SSSR count). The molecule has 0 radical (unpaired) electrons. The Balaban J connectivity index is 1.80. The first kappa shape index (κ1) is 19.9. The third-order valence-corrected chi connectivity index (χ3v) is 6.07. The second kappa shape index (κ2) is 8.93. The minimum absolute atomic E-state index is 0.296. The van der Waals surface area contributed by atoms with Gasteiger partial charge in [0.25, 0.3) is 0 Å². The van der Waals surface area contributed by atoms with Crippen LogP contribution in [-0.4, -0.2) is 37.2 Å². The van der Waals surface area contributed by atoms with Crippen molar-refractivity contribution < 1.29 is 9.47 Å². The van der Waals surface area contributed by atoms with Crippen LogP contribution in [0.25, 0.3) is 0 Å². The molecule has 6 nitrogen and oxygen atoms in total. The average Bonchev–Trinajstić information content (AvgIpc) is 3.05. The zero-order valence-corrected chi connectivity index (χ0v) is 17.3. The van der Waals surface area contributed by atoms with Crippen LogP contribution in [-0.2, 0) is 0 Å². The van der Waals surface area contributed by atoms with Crippen LogP contribution in [0.2, 0.25) is 5.02 Å². The lowest BCUT2D eigenvalue weighted by atomic mass is 10.0. The molecule has 0 bridgehead atoms. The number of pyridine rings is 1. The summed E-state index contributed by atoms with van der Waals surface area (Å²) >= 11 is 6.52. The lowest BCUT2D eigenvalue weighted by molar-refractivity contribution is 0.0577. The maximum Gasteiger partial charge on any atom is 0.347 e. The molecule has 1 fully saturated rings. The number of quaternary nitrogens is 1. The summed E-state index contributed by atoms with van der Waals surface area (Å²) in [4.78, 5) is 13.3. The van der Waals surface area contributed by atoms with Crippen molar-refractivity contribution in [3.05, 3.63) is 47.7 Å². The number of methoxy groups -OCH3 is 1. The second-order valence-corrected chi connectivity index (χ2v) is 7.87. The van der Waals surface area contributed by atoms with Gasteiger partial charge in [0.05, 0.1) is 18.3 Å². The molecule has 0 spiro atoms. The Kier molecular flexibility index (Phi) is 6.11. The van der Waals surface area contributed by atoms with Gasteiger partial charge in [-0.1, -0.05) is 24.4 Å². The Bertz CT molecular complexity index is 882. The summed E-state index contributed by atoms with van der Waals surface area (Å²) in [5, 5.41) is 0.569. The van der Waals surface area contributed by atoms with E-state index in [0.29, 0.717) is 27.0 Å². The van der Waals surface area contributed by atoms with Crippen molar-refractivity contribution in [1.82, 2.24) is 9.47 Å². The Morgan fingerprint density at radius 3 is 2.62 bits per heavy atom. The first-order valence-corrected chi connectivity index (χ1v) is 10.5. The Labute approximate surface area is 176 Å². The lowest BCUT2D eigenvalue weighted by Crippen LogP contribution is -2.64. The van der Waals surface area contributed by atoms with Crippen molar-refractivity contribution in [2.45, 2.75) is 50.9 Å². The number of halogens is 1. The lowest BCUT2D eigenvalue weighted by Gasteiger charge is -2.43. The van der Waals surface area contributed by atoms with E-state index in [1.807, 2.05) is 36.7 Å². The molecule has 2 unspecified atom stereocenters. The van der Waals surface area contributed by atoms with Crippen LogP contribution in [0.3, 0.4) is 0 Å². The molecule has 1 saturated carbocycles. The molecular formula is C22H26ClN4O2+. The van der Waals surface area contributed by atoms with Gasteiger partial charge in [0.1, 0.15) is 29.6 Å². The fourth-order valence-corrected chi connectivity index (χ4v) is 4.57. The Hall–Kier alpha value is -2.44. The number of benzene rings is 1. The van der Waals surface area contributed by atoms with Crippen LogP contribution in [0.4, 0.5) is 5.69 Å². The molecule has 1 aromatic carbocycles. The topological polar surface area (TPSA) is 56.1 Å². The number of ether oxygens (including phenoxy) is 2. The standard InChI is InChI=1S/C22H26ClN4O2/c1-28-21-11-10-18(13-20(21)23)27(17-7-4-2-3-5-8-17)16-25-15-26-22(27)29-19-9-6-12-24-14-19/h6,9-17,22H,2-5,7-8H2,1H3/q+1. The van der Waals surface area contributed by atoms with Crippen LogP contribution in [0.15, 0.2) is 52.7 Å². The first-order valence-electron chi connectivity index (χ1n) is 10.1. The van der Waals surface area contributed by atoms with E-state index >= 15 is 0 Å². The third kappa shape index (κ3) is 4.00. The summed E-state index contributed by atoms with van der Waals surface area (Å²) in [6.07, 6.45) is 13.5. The van der Waals surface area contributed by atoms with Crippen LogP contribution in [0.1, 0.15) is 38.5 Å². The van der Waals surface area contributed by atoms with Crippen molar-refractivity contribution in [3.8, 4) is 11.5 Å². The summed E-state index contributed by atoms with van der Waals surface area (Å²) in [5.41, 5.74) is 0.997. The predicted molar refractivity (Wildman–Crippen MR) is 117 cm³/mol. The Morgan fingerprint density at radius 1 is 1.10 bits per heavy atom. The third-order valence-electron chi connectivity index (χ3n) is 5.77. The highest BCUT2D eigenvalue weighted by atomic mass is 35.5. The van der Waals surface area contributed by atoms with E-state index in [1.54, 1.807) is 25.8 Å².